The standard InChI is InChI=1S/C16H12N4O2S/c1-8-11-12-13(14(21)20-16(22)19-12)23-15(11)18-10(17-8)7-9-5-3-2-4-6-9/h2-6H,7H2,1H3,(H2,19,20,21,22). The number of aromatic amines is 2. The molecule has 4 aromatic rings. The number of hydrogen-bond donors (Lipinski definition) is 2. The minimum absolute atomic E-state index is 0.393. The van der Waals surface area contributed by atoms with E-state index in [0.717, 1.165) is 16.6 Å². The van der Waals surface area contributed by atoms with Gasteiger partial charge in [0.1, 0.15) is 15.4 Å². The van der Waals surface area contributed by atoms with Crippen molar-refractivity contribution in [2.45, 2.75) is 13.3 Å². The van der Waals surface area contributed by atoms with Crippen molar-refractivity contribution in [2.75, 3.05) is 0 Å². The number of nitrogens with zero attached hydrogens (tertiary/aromatic N) is 2. The molecule has 3 aromatic heterocycles. The molecule has 0 atom stereocenters. The second kappa shape index (κ2) is 5.13. The third-order valence-electron chi connectivity index (χ3n) is 3.66. The molecule has 0 spiro atoms. The van der Waals surface area contributed by atoms with Gasteiger partial charge in [0, 0.05) is 6.42 Å². The van der Waals surface area contributed by atoms with E-state index in [0.29, 0.717) is 27.3 Å². The summed E-state index contributed by atoms with van der Waals surface area (Å²) in [6.07, 6.45) is 0.624. The maximum Gasteiger partial charge on any atom is 0.326 e. The van der Waals surface area contributed by atoms with Crippen molar-refractivity contribution < 1.29 is 0 Å². The number of fused-ring (bicyclic) bond motifs is 3. The first-order valence-corrected chi connectivity index (χ1v) is 7.90. The number of hydrogen-bond acceptors (Lipinski definition) is 5. The van der Waals surface area contributed by atoms with Gasteiger partial charge in [-0.1, -0.05) is 30.3 Å². The van der Waals surface area contributed by atoms with Crippen molar-refractivity contribution in [2.24, 2.45) is 0 Å². The van der Waals surface area contributed by atoms with Gasteiger partial charge >= 0.3 is 5.69 Å². The van der Waals surface area contributed by atoms with Crippen LogP contribution in [-0.4, -0.2) is 19.9 Å². The smallest absolute Gasteiger partial charge is 0.305 e. The van der Waals surface area contributed by atoms with Crippen LogP contribution in [0, 0.1) is 6.92 Å². The third-order valence-corrected chi connectivity index (χ3v) is 4.74. The van der Waals surface area contributed by atoms with Crippen molar-refractivity contribution >= 4 is 31.8 Å². The zero-order chi connectivity index (χ0) is 16.0. The van der Waals surface area contributed by atoms with Gasteiger partial charge in [0.15, 0.2) is 0 Å². The van der Waals surface area contributed by atoms with E-state index in [1.165, 1.54) is 11.3 Å². The highest BCUT2D eigenvalue weighted by Gasteiger charge is 2.15. The summed E-state index contributed by atoms with van der Waals surface area (Å²) in [5.41, 5.74) is 1.49. The SMILES string of the molecule is Cc1nc(Cc2ccccc2)nc2sc3c(=O)[nH]c(=O)[nH]c3c12. The fraction of sp³-hybridized carbons (Fsp3) is 0.125. The average molecular weight is 324 g/mol. The van der Waals surface area contributed by atoms with Gasteiger partial charge in [0.05, 0.1) is 16.6 Å². The van der Waals surface area contributed by atoms with Crippen LogP contribution in [0.4, 0.5) is 0 Å². The second-order valence-corrected chi connectivity index (χ2v) is 6.28. The van der Waals surface area contributed by atoms with Gasteiger partial charge in [0.25, 0.3) is 5.56 Å². The number of rotatable bonds is 2. The number of thiophene rings is 1. The first-order valence-electron chi connectivity index (χ1n) is 7.08. The second-order valence-electron chi connectivity index (χ2n) is 5.28. The Hall–Kier alpha value is -2.80. The fourth-order valence-electron chi connectivity index (χ4n) is 2.67. The molecule has 0 radical (unpaired) electrons. The Kier molecular flexibility index (Phi) is 3.09. The monoisotopic (exact) mass is 324 g/mol. The first-order chi connectivity index (χ1) is 11.1. The van der Waals surface area contributed by atoms with Crippen molar-refractivity contribution in [1.82, 2.24) is 19.9 Å². The van der Waals surface area contributed by atoms with Crippen LogP contribution in [0.15, 0.2) is 39.9 Å². The minimum atomic E-state index is -0.519. The zero-order valence-corrected chi connectivity index (χ0v) is 13.0. The number of H-pyrrole nitrogens is 2. The largest absolute Gasteiger partial charge is 0.326 e. The summed E-state index contributed by atoms with van der Waals surface area (Å²) in [7, 11) is 0. The molecule has 7 heteroatoms. The Morgan fingerprint density at radius 3 is 2.65 bits per heavy atom. The molecule has 114 valence electrons. The van der Waals surface area contributed by atoms with Crippen LogP contribution in [0.2, 0.25) is 0 Å². The predicted octanol–water partition coefficient (Wildman–Crippen LogP) is 2.12. The predicted molar refractivity (Wildman–Crippen MR) is 90.1 cm³/mol. The lowest BCUT2D eigenvalue weighted by molar-refractivity contribution is 0.973. The van der Waals surface area contributed by atoms with E-state index < -0.39 is 11.2 Å². The van der Waals surface area contributed by atoms with Gasteiger partial charge < -0.3 is 4.98 Å². The molecule has 4 rings (SSSR count). The minimum Gasteiger partial charge on any atom is -0.305 e. The van der Waals surface area contributed by atoms with Gasteiger partial charge in [-0.3, -0.25) is 9.78 Å². The highest BCUT2D eigenvalue weighted by atomic mass is 32.1. The molecule has 0 amide bonds. The number of aromatic nitrogens is 4. The maximum absolute atomic E-state index is 11.9. The molecule has 2 N–H and O–H groups in total. The van der Waals surface area contributed by atoms with Crippen LogP contribution in [0.5, 0.6) is 0 Å². The summed E-state index contributed by atoms with van der Waals surface area (Å²) in [6.45, 7) is 1.87. The van der Waals surface area contributed by atoms with Crippen LogP contribution in [0.3, 0.4) is 0 Å². The normalized spacial score (nSPS) is 11.3. The Balaban J connectivity index is 1.94. The van der Waals surface area contributed by atoms with Crippen molar-refractivity contribution in [3.63, 3.8) is 0 Å². The molecular weight excluding hydrogens is 312 g/mol. The molecule has 1 aromatic carbocycles. The van der Waals surface area contributed by atoms with E-state index in [1.54, 1.807) is 0 Å². The topological polar surface area (TPSA) is 91.5 Å². The highest BCUT2D eigenvalue weighted by Crippen LogP contribution is 2.30. The molecule has 0 unspecified atom stereocenters. The van der Waals surface area contributed by atoms with Gasteiger partial charge in [-0.2, -0.15) is 0 Å². The average Bonchev–Trinajstić information content (AvgIpc) is 2.87. The molecule has 0 aliphatic carbocycles. The number of nitrogens with one attached hydrogen (secondary N) is 2. The molecular formula is C16H12N4O2S. The van der Waals surface area contributed by atoms with Crippen molar-refractivity contribution in [1.29, 1.82) is 0 Å². The molecule has 0 aliphatic heterocycles. The van der Waals surface area contributed by atoms with E-state index in [9.17, 15) is 9.59 Å². The van der Waals surface area contributed by atoms with Crippen LogP contribution in [-0.2, 0) is 6.42 Å². The van der Waals surface area contributed by atoms with Gasteiger partial charge in [-0.05, 0) is 12.5 Å². The van der Waals surface area contributed by atoms with E-state index in [4.69, 9.17) is 0 Å². The van der Waals surface area contributed by atoms with Gasteiger partial charge in [-0.15, -0.1) is 11.3 Å². The maximum atomic E-state index is 11.9. The van der Waals surface area contributed by atoms with E-state index in [2.05, 4.69) is 19.9 Å². The fourth-order valence-corrected chi connectivity index (χ4v) is 3.76. The molecule has 0 saturated carbocycles. The van der Waals surface area contributed by atoms with Gasteiger partial charge in [0.2, 0.25) is 0 Å². The molecule has 0 fully saturated rings. The molecule has 0 bridgehead atoms. The highest BCUT2D eigenvalue weighted by molar-refractivity contribution is 7.25. The lowest BCUT2D eigenvalue weighted by atomic mass is 10.1. The van der Waals surface area contributed by atoms with E-state index in [-0.39, 0.29) is 0 Å². The van der Waals surface area contributed by atoms with Crippen LogP contribution < -0.4 is 11.2 Å². The molecule has 3 heterocycles. The summed E-state index contributed by atoms with van der Waals surface area (Å²) in [6, 6.07) is 9.97. The molecule has 23 heavy (non-hydrogen) atoms. The summed E-state index contributed by atoms with van der Waals surface area (Å²) >= 11 is 1.27. The summed E-state index contributed by atoms with van der Waals surface area (Å²) in [4.78, 5) is 38.2. The summed E-state index contributed by atoms with van der Waals surface area (Å²) < 4.78 is 0.467. The summed E-state index contributed by atoms with van der Waals surface area (Å²) in [5, 5.41) is 0.741. The molecule has 0 saturated heterocycles. The Morgan fingerprint density at radius 1 is 1.09 bits per heavy atom. The van der Waals surface area contributed by atoms with E-state index in [1.807, 2.05) is 37.3 Å². The van der Waals surface area contributed by atoms with Gasteiger partial charge in [-0.25, -0.2) is 14.8 Å². The quantitative estimate of drug-likeness (QED) is 0.591. The Morgan fingerprint density at radius 2 is 1.87 bits per heavy atom. The Labute approximate surface area is 133 Å². The van der Waals surface area contributed by atoms with Crippen LogP contribution in [0.1, 0.15) is 17.1 Å². The lowest BCUT2D eigenvalue weighted by Crippen LogP contribution is -2.20. The lowest BCUT2D eigenvalue weighted by Gasteiger charge is -2.03. The van der Waals surface area contributed by atoms with Crippen molar-refractivity contribution in [3.8, 4) is 0 Å². The zero-order valence-electron chi connectivity index (χ0n) is 12.2. The molecule has 6 nitrogen and oxygen atoms in total. The number of aryl methyl sites for hydroxylation is 1. The van der Waals surface area contributed by atoms with E-state index >= 15 is 0 Å². The third kappa shape index (κ3) is 2.35. The van der Waals surface area contributed by atoms with Crippen LogP contribution >= 0.6 is 11.3 Å². The van der Waals surface area contributed by atoms with Crippen LogP contribution in [0.25, 0.3) is 20.4 Å². The summed E-state index contributed by atoms with van der Waals surface area (Å²) in [5.74, 6) is 0.700. The Bertz CT molecular complexity index is 1140. The number of benzene rings is 1. The molecule has 0 aliphatic rings. The van der Waals surface area contributed by atoms with Crippen molar-refractivity contribution in [3.05, 3.63) is 68.3 Å². The first kappa shape index (κ1) is 13.8.